The molecule has 114 valence electrons. The lowest BCUT2D eigenvalue weighted by molar-refractivity contribution is 0.154. The van der Waals surface area contributed by atoms with Gasteiger partial charge in [-0.2, -0.15) is 0 Å². The minimum Gasteiger partial charge on any atom is -0.330 e. The van der Waals surface area contributed by atoms with E-state index in [2.05, 4.69) is 20.8 Å². The topological polar surface area (TPSA) is 60.2 Å². The maximum absolute atomic E-state index is 12.6. The molecule has 1 saturated carbocycles. The molecule has 0 heterocycles. The van der Waals surface area contributed by atoms with E-state index in [-0.39, 0.29) is 22.5 Å². The van der Waals surface area contributed by atoms with E-state index in [1.807, 2.05) is 13.8 Å². The lowest BCUT2D eigenvalue weighted by atomic mass is 9.69. The van der Waals surface area contributed by atoms with Gasteiger partial charge in [-0.05, 0) is 49.0 Å². The highest BCUT2D eigenvalue weighted by Crippen LogP contribution is 2.42. The fourth-order valence-electron chi connectivity index (χ4n) is 3.28. The van der Waals surface area contributed by atoms with Crippen LogP contribution in [-0.4, -0.2) is 26.0 Å². The van der Waals surface area contributed by atoms with E-state index < -0.39 is 9.84 Å². The molecule has 1 rings (SSSR count). The second-order valence-corrected chi connectivity index (χ2v) is 9.90. The number of rotatable bonds is 4. The molecule has 0 aromatic rings. The zero-order valence-corrected chi connectivity index (χ0v) is 14.0. The molecule has 3 atom stereocenters. The molecule has 0 aromatic carbocycles. The van der Waals surface area contributed by atoms with Gasteiger partial charge in [0.2, 0.25) is 0 Å². The van der Waals surface area contributed by atoms with Gasteiger partial charge in [0.05, 0.1) is 11.0 Å². The maximum atomic E-state index is 12.6. The number of sulfone groups is 1. The molecule has 4 heteroatoms. The monoisotopic (exact) mass is 289 g/mol. The van der Waals surface area contributed by atoms with Crippen molar-refractivity contribution in [2.45, 2.75) is 59.1 Å². The quantitative estimate of drug-likeness (QED) is 0.865. The van der Waals surface area contributed by atoms with E-state index in [0.717, 1.165) is 19.3 Å². The summed E-state index contributed by atoms with van der Waals surface area (Å²) in [6.45, 7) is 11.1. The van der Waals surface area contributed by atoms with E-state index in [1.54, 1.807) is 0 Å². The lowest BCUT2D eigenvalue weighted by Gasteiger charge is -2.41. The Morgan fingerprint density at radius 2 is 1.79 bits per heavy atom. The van der Waals surface area contributed by atoms with Crippen molar-refractivity contribution in [3.8, 4) is 0 Å². The average molecular weight is 289 g/mol. The van der Waals surface area contributed by atoms with Gasteiger partial charge in [-0.3, -0.25) is 0 Å². The molecule has 1 aliphatic rings. The molecule has 2 N–H and O–H groups in total. The van der Waals surface area contributed by atoms with Crippen LogP contribution < -0.4 is 5.73 Å². The molecule has 0 radical (unpaired) electrons. The Hall–Kier alpha value is -0.0900. The zero-order chi connectivity index (χ0) is 14.8. The van der Waals surface area contributed by atoms with Crippen molar-refractivity contribution in [1.82, 2.24) is 0 Å². The fraction of sp³-hybridized carbons (Fsp3) is 1.00. The van der Waals surface area contributed by atoms with Gasteiger partial charge in [0.1, 0.15) is 0 Å². The minimum atomic E-state index is -3.02. The number of hydrogen-bond donors (Lipinski definition) is 1. The summed E-state index contributed by atoms with van der Waals surface area (Å²) in [7, 11) is -3.02. The normalized spacial score (nSPS) is 29.7. The lowest BCUT2D eigenvalue weighted by Crippen LogP contribution is -2.43. The maximum Gasteiger partial charge on any atom is 0.153 e. The number of nitrogens with two attached hydrogens (primary N) is 1. The van der Waals surface area contributed by atoms with Crippen molar-refractivity contribution in [3.63, 3.8) is 0 Å². The van der Waals surface area contributed by atoms with Crippen LogP contribution in [0.4, 0.5) is 0 Å². The minimum absolute atomic E-state index is 0.155. The summed E-state index contributed by atoms with van der Waals surface area (Å²) in [5.41, 5.74) is 6.00. The first kappa shape index (κ1) is 17.0. The van der Waals surface area contributed by atoms with Gasteiger partial charge in [0, 0.05) is 0 Å². The van der Waals surface area contributed by atoms with Gasteiger partial charge in [0.15, 0.2) is 9.84 Å². The Bertz CT molecular complexity index is 381. The zero-order valence-electron chi connectivity index (χ0n) is 13.1. The highest BCUT2D eigenvalue weighted by molar-refractivity contribution is 7.92. The van der Waals surface area contributed by atoms with Gasteiger partial charge < -0.3 is 5.73 Å². The Morgan fingerprint density at radius 1 is 1.21 bits per heavy atom. The third kappa shape index (κ3) is 4.45. The standard InChI is InChI=1S/C15H31NO2S/c1-11(2)10-19(17,18)14-8-13(15(3,4)5)7-6-12(14)9-16/h11-14H,6-10,16H2,1-5H3. The van der Waals surface area contributed by atoms with Crippen molar-refractivity contribution < 1.29 is 8.42 Å². The van der Waals surface area contributed by atoms with E-state index in [9.17, 15) is 8.42 Å². The van der Waals surface area contributed by atoms with Crippen LogP contribution in [0.5, 0.6) is 0 Å². The Balaban J connectivity index is 2.93. The molecular formula is C15H31NO2S. The van der Waals surface area contributed by atoms with Crippen LogP contribution in [0.25, 0.3) is 0 Å². The molecule has 0 saturated heterocycles. The second-order valence-electron chi connectivity index (χ2n) is 7.63. The largest absolute Gasteiger partial charge is 0.330 e. The van der Waals surface area contributed by atoms with Crippen molar-refractivity contribution in [1.29, 1.82) is 0 Å². The molecule has 0 amide bonds. The highest BCUT2D eigenvalue weighted by atomic mass is 32.2. The van der Waals surface area contributed by atoms with Crippen molar-refractivity contribution in [2.24, 2.45) is 28.9 Å². The van der Waals surface area contributed by atoms with Crippen LogP contribution >= 0.6 is 0 Å². The number of hydrogen-bond acceptors (Lipinski definition) is 3. The highest BCUT2D eigenvalue weighted by Gasteiger charge is 2.41. The first-order chi connectivity index (χ1) is 8.58. The summed E-state index contributed by atoms with van der Waals surface area (Å²) in [6.07, 6.45) is 2.86. The third-order valence-electron chi connectivity index (χ3n) is 4.48. The van der Waals surface area contributed by atoms with Gasteiger partial charge in [-0.15, -0.1) is 0 Å². The Kier molecular flexibility index (Phi) is 5.47. The fourth-order valence-corrected chi connectivity index (χ4v) is 5.81. The van der Waals surface area contributed by atoms with Crippen LogP contribution in [0.2, 0.25) is 0 Å². The van der Waals surface area contributed by atoms with Gasteiger partial charge in [0.25, 0.3) is 0 Å². The molecule has 3 nitrogen and oxygen atoms in total. The Labute approximate surface area is 119 Å². The molecule has 0 aromatic heterocycles. The summed E-state index contributed by atoms with van der Waals surface area (Å²) in [6, 6.07) is 0. The summed E-state index contributed by atoms with van der Waals surface area (Å²) in [4.78, 5) is 0. The SMILES string of the molecule is CC(C)CS(=O)(=O)C1CC(C(C)(C)C)CCC1CN. The summed E-state index contributed by atoms with van der Waals surface area (Å²) in [5, 5.41) is -0.224. The first-order valence-corrected chi connectivity index (χ1v) is 9.21. The molecule has 0 bridgehead atoms. The summed E-state index contributed by atoms with van der Waals surface area (Å²) < 4.78 is 25.2. The molecular weight excluding hydrogens is 258 g/mol. The predicted molar refractivity (Wildman–Crippen MR) is 81.8 cm³/mol. The van der Waals surface area contributed by atoms with Crippen molar-refractivity contribution >= 4 is 9.84 Å². The van der Waals surface area contributed by atoms with Gasteiger partial charge >= 0.3 is 0 Å². The Morgan fingerprint density at radius 3 is 2.21 bits per heavy atom. The first-order valence-electron chi connectivity index (χ1n) is 7.49. The van der Waals surface area contributed by atoms with E-state index >= 15 is 0 Å². The van der Waals surface area contributed by atoms with Crippen LogP contribution in [0.1, 0.15) is 53.9 Å². The molecule has 1 aliphatic carbocycles. The van der Waals surface area contributed by atoms with Crippen LogP contribution in [-0.2, 0) is 9.84 Å². The average Bonchev–Trinajstić information content (AvgIpc) is 2.25. The van der Waals surface area contributed by atoms with Crippen LogP contribution in [0.3, 0.4) is 0 Å². The molecule has 0 spiro atoms. The van der Waals surface area contributed by atoms with E-state index in [4.69, 9.17) is 5.73 Å². The summed E-state index contributed by atoms with van der Waals surface area (Å²) in [5.74, 6) is 1.13. The molecule has 3 unspecified atom stereocenters. The summed E-state index contributed by atoms with van der Waals surface area (Å²) >= 11 is 0. The molecule has 0 aliphatic heterocycles. The smallest absolute Gasteiger partial charge is 0.153 e. The second kappa shape index (κ2) is 6.13. The third-order valence-corrected chi connectivity index (χ3v) is 7.11. The van der Waals surface area contributed by atoms with E-state index in [1.165, 1.54) is 0 Å². The van der Waals surface area contributed by atoms with Crippen molar-refractivity contribution in [2.75, 3.05) is 12.3 Å². The van der Waals surface area contributed by atoms with Crippen molar-refractivity contribution in [3.05, 3.63) is 0 Å². The van der Waals surface area contributed by atoms with E-state index in [0.29, 0.717) is 18.2 Å². The van der Waals surface area contributed by atoms with Gasteiger partial charge in [-0.25, -0.2) is 8.42 Å². The molecule has 1 fully saturated rings. The van der Waals surface area contributed by atoms with Gasteiger partial charge in [-0.1, -0.05) is 34.6 Å². The predicted octanol–water partition coefficient (Wildman–Crippen LogP) is 2.85. The van der Waals surface area contributed by atoms with Crippen LogP contribution in [0.15, 0.2) is 0 Å². The molecule has 19 heavy (non-hydrogen) atoms. The van der Waals surface area contributed by atoms with Crippen LogP contribution in [0, 0.1) is 23.2 Å².